The number of nitrogens with one attached hydrogen (secondary N) is 1. The Morgan fingerprint density at radius 1 is 1.17 bits per heavy atom. The Morgan fingerprint density at radius 3 is 2.62 bits per heavy atom. The fourth-order valence-electron chi connectivity index (χ4n) is 2.99. The predicted molar refractivity (Wildman–Crippen MR) is 116 cm³/mol. The molecule has 1 saturated heterocycles. The summed E-state index contributed by atoms with van der Waals surface area (Å²) < 4.78 is 16.2. The molecule has 29 heavy (non-hydrogen) atoms. The van der Waals surface area contributed by atoms with Gasteiger partial charge in [-0.3, -0.25) is 4.79 Å². The number of carbonyl (C=O) groups excluding carboxylic acids is 1. The van der Waals surface area contributed by atoms with E-state index in [1.165, 1.54) is 6.08 Å². The van der Waals surface area contributed by atoms with Crippen LogP contribution < -0.4 is 19.7 Å². The zero-order valence-electron chi connectivity index (χ0n) is 16.6. The maximum Gasteiger partial charge on any atom is 0.248 e. The third-order valence-corrected chi connectivity index (χ3v) is 4.48. The van der Waals surface area contributed by atoms with Crippen LogP contribution in [0.2, 0.25) is 0 Å². The lowest BCUT2D eigenvalue weighted by Gasteiger charge is -2.28. The second-order valence-corrected chi connectivity index (χ2v) is 6.48. The summed E-state index contributed by atoms with van der Waals surface area (Å²) in [6.45, 7) is 7.29. The van der Waals surface area contributed by atoms with E-state index in [4.69, 9.17) is 14.2 Å². The minimum absolute atomic E-state index is 0.199. The van der Waals surface area contributed by atoms with E-state index in [1.807, 2.05) is 42.5 Å². The van der Waals surface area contributed by atoms with Crippen LogP contribution >= 0.6 is 0 Å². The first kappa shape index (κ1) is 20.5. The average Bonchev–Trinajstić information content (AvgIpc) is 2.77. The minimum atomic E-state index is -0.199. The molecule has 1 heterocycles. The van der Waals surface area contributed by atoms with Crippen LogP contribution in [0.5, 0.6) is 11.5 Å². The summed E-state index contributed by atoms with van der Waals surface area (Å²) in [6, 6.07) is 13.3. The average molecular weight is 394 g/mol. The van der Waals surface area contributed by atoms with Crippen molar-refractivity contribution in [2.45, 2.75) is 0 Å². The Kier molecular flexibility index (Phi) is 7.30. The minimum Gasteiger partial charge on any atom is -0.493 e. The highest BCUT2D eigenvalue weighted by Crippen LogP contribution is 2.28. The molecule has 1 fully saturated rings. The molecular formula is C23H26N2O4. The zero-order valence-corrected chi connectivity index (χ0v) is 16.6. The molecule has 6 nitrogen and oxygen atoms in total. The Labute approximate surface area is 171 Å². The van der Waals surface area contributed by atoms with Crippen molar-refractivity contribution in [1.82, 2.24) is 0 Å². The molecule has 0 radical (unpaired) electrons. The third kappa shape index (κ3) is 5.86. The highest BCUT2D eigenvalue weighted by molar-refractivity contribution is 6.02. The summed E-state index contributed by atoms with van der Waals surface area (Å²) in [5.41, 5.74) is 2.72. The Morgan fingerprint density at radius 2 is 1.93 bits per heavy atom. The topological polar surface area (TPSA) is 60.0 Å². The lowest BCUT2D eigenvalue weighted by molar-refractivity contribution is -0.111. The van der Waals surface area contributed by atoms with Crippen molar-refractivity contribution in [3.05, 3.63) is 66.8 Å². The number of carbonyl (C=O) groups is 1. The number of anilines is 2. The Hall–Kier alpha value is -3.25. The van der Waals surface area contributed by atoms with Gasteiger partial charge >= 0.3 is 0 Å². The van der Waals surface area contributed by atoms with E-state index in [0.717, 1.165) is 43.2 Å². The molecule has 152 valence electrons. The van der Waals surface area contributed by atoms with Crippen LogP contribution in [-0.2, 0) is 9.53 Å². The lowest BCUT2D eigenvalue weighted by Crippen LogP contribution is -2.36. The smallest absolute Gasteiger partial charge is 0.248 e. The molecule has 1 N–H and O–H groups in total. The fourth-order valence-corrected chi connectivity index (χ4v) is 2.99. The standard InChI is InChI=1S/C23H26N2O4/c1-3-14-29-21-10-4-18(17-22(21)27-2)5-11-23(26)24-19-6-8-20(9-7-19)25-12-15-28-16-13-25/h3-11,17H,1,12-16H2,2H3,(H,24,26). The molecule has 2 aromatic rings. The molecule has 1 aliphatic heterocycles. The van der Waals surface area contributed by atoms with Crippen molar-refractivity contribution < 1.29 is 19.0 Å². The van der Waals surface area contributed by atoms with Crippen molar-refractivity contribution in [3.8, 4) is 11.5 Å². The summed E-state index contributed by atoms with van der Waals surface area (Å²) >= 11 is 0. The monoisotopic (exact) mass is 394 g/mol. The van der Waals surface area contributed by atoms with E-state index in [-0.39, 0.29) is 5.91 Å². The summed E-state index contributed by atoms with van der Waals surface area (Å²) in [4.78, 5) is 14.5. The van der Waals surface area contributed by atoms with E-state index in [9.17, 15) is 4.79 Å². The fraction of sp³-hybridized carbons (Fsp3) is 0.261. The van der Waals surface area contributed by atoms with Gasteiger partial charge in [-0.25, -0.2) is 0 Å². The Bertz CT molecular complexity index is 856. The number of hydrogen-bond acceptors (Lipinski definition) is 5. The normalized spacial score (nSPS) is 13.9. The molecule has 0 bridgehead atoms. The number of morpholine rings is 1. The molecule has 0 aromatic heterocycles. The highest BCUT2D eigenvalue weighted by Gasteiger charge is 2.11. The van der Waals surface area contributed by atoms with E-state index in [1.54, 1.807) is 19.3 Å². The molecule has 3 rings (SSSR count). The molecule has 0 spiro atoms. The van der Waals surface area contributed by atoms with E-state index in [2.05, 4.69) is 16.8 Å². The second-order valence-electron chi connectivity index (χ2n) is 6.48. The van der Waals surface area contributed by atoms with Crippen molar-refractivity contribution in [2.24, 2.45) is 0 Å². The van der Waals surface area contributed by atoms with Crippen LogP contribution in [0.4, 0.5) is 11.4 Å². The first-order valence-electron chi connectivity index (χ1n) is 9.53. The summed E-state index contributed by atoms with van der Waals surface area (Å²) in [5.74, 6) is 1.04. The van der Waals surface area contributed by atoms with Crippen LogP contribution in [0.25, 0.3) is 6.08 Å². The van der Waals surface area contributed by atoms with Gasteiger partial charge in [0.2, 0.25) is 5.91 Å². The van der Waals surface area contributed by atoms with Gasteiger partial charge in [-0.2, -0.15) is 0 Å². The van der Waals surface area contributed by atoms with Gasteiger partial charge in [0, 0.05) is 30.5 Å². The van der Waals surface area contributed by atoms with Gasteiger partial charge in [-0.15, -0.1) is 0 Å². The summed E-state index contributed by atoms with van der Waals surface area (Å²) in [7, 11) is 1.58. The Balaban J connectivity index is 1.58. The molecule has 1 aliphatic rings. The zero-order chi connectivity index (χ0) is 20.5. The van der Waals surface area contributed by atoms with Crippen molar-refractivity contribution in [1.29, 1.82) is 0 Å². The van der Waals surface area contributed by atoms with Crippen molar-refractivity contribution in [3.63, 3.8) is 0 Å². The lowest BCUT2D eigenvalue weighted by atomic mass is 10.2. The van der Waals surface area contributed by atoms with Gasteiger partial charge in [0.25, 0.3) is 0 Å². The molecule has 6 heteroatoms. The van der Waals surface area contributed by atoms with Crippen LogP contribution in [0, 0.1) is 0 Å². The number of hydrogen-bond donors (Lipinski definition) is 1. The van der Waals surface area contributed by atoms with Gasteiger partial charge in [-0.05, 0) is 48.0 Å². The van der Waals surface area contributed by atoms with Gasteiger partial charge in [-0.1, -0.05) is 18.7 Å². The number of rotatable bonds is 8. The van der Waals surface area contributed by atoms with Crippen molar-refractivity contribution >= 4 is 23.4 Å². The molecule has 0 atom stereocenters. The third-order valence-electron chi connectivity index (χ3n) is 4.48. The number of amides is 1. The number of benzene rings is 2. The van der Waals surface area contributed by atoms with Crippen LogP contribution in [0.1, 0.15) is 5.56 Å². The largest absolute Gasteiger partial charge is 0.493 e. The first-order valence-corrected chi connectivity index (χ1v) is 9.53. The van der Waals surface area contributed by atoms with Gasteiger partial charge in [0.15, 0.2) is 11.5 Å². The number of methoxy groups -OCH3 is 1. The van der Waals surface area contributed by atoms with Crippen LogP contribution in [0.3, 0.4) is 0 Å². The highest BCUT2D eigenvalue weighted by atomic mass is 16.5. The van der Waals surface area contributed by atoms with Gasteiger partial charge in [0.05, 0.1) is 20.3 Å². The van der Waals surface area contributed by atoms with Gasteiger partial charge in [0.1, 0.15) is 6.61 Å². The maximum absolute atomic E-state index is 12.2. The van der Waals surface area contributed by atoms with Gasteiger partial charge < -0.3 is 24.4 Å². The molecule has 0 aliphatic carbocycles. The summed E-state index contributed by atoms with van der Waals surface area (Å²) in [6.07, 6.45) is 4.90. The van der Waals surface area contributed by atoms with Crippen molar-refractivity contribution in [2.75, 3.05) is 50.2 Å². The molecule has 0 saturated carbocycles. The molecular weight excluding hydrogens is 368 g/mol. The summed E-state index contributed by atoms with van der Waals surface area (Å²) in [5, 5.41) is 2.87. The van der Waals surface area contributed by atoms with Crippen LogP contribution in [-0.4, -0.2) is 45.9 Å². The number of nitrogens with zero attached hydrogens (tertiary/aromatic N) is 1. The number of ether oxygens (including phenoxy) is 3. The second kappa shape index (κ2) is 10.3. The molecule has 1 amide bonds. The van der Waals surface area contributed by atoms with Crippen LogP contribution in [0.15, 0.2) is 61.2 Å². The SMILES string of the molecule is C=CCOc1ccc(C=CC(=O)Nc2ccc(N3CCOCC3)cc2)cc1OC. The quantitative estimate of drug-likeness (QED) is 0.546. The predicted octanol–water partition coefficient (Wildman–Crippen LogP) is 3.75. The van der Waals surface area contributed by atoms with E-state index in [0.29, 0.717) is 18.1 Å². The molecule has 2 aromatic carbocycles. The van der Waals surface area contributed by atoms with E-state index < -0.39 is 0 Å². The molecule has 0 unspecified atom stereocenters. The maximum atomic E-state index is 12.2. The van der Waals surface area contributed by atoms with E-state index >= 15 is 0 Å². The first-order chi connectivity index (χ1) is 14.2.